The predicted molar refractivity (Wildman–Crippen MR) is 81.0 cm³/mol. The van der Waals surface area contributed by atoms with Crippen molar-refractivity contribution in [2.24, 2.45) is 11.7 Å². The van der Waals surface area contributed by atoms with Crippen LogP contribution in [0.4, 0.5) is 0 Å². The van der Waals surface area contributed by atoms with Gasteiger partial charge in [-0.3, -0.25) is 9.69 Å². The zero-order chi connectivity index (χ0) is 14.4. The van der Waals surface area contributed by atoms with E-state index >= 15 is 0 Å². The van der Waals surface area contributed by atoms with Gasteiger partial charge < -0.3 is 11.1 Å². The van der Waals surface area contributed by atoms with E-state index in [-0.39, 0.29) is 12.5 Å². The molecule has 0 aromatic heterocycles. The first-order chi connectivity index (χ1) is 9.69. The molecule has 4 heteroatoms. The summed E-state index contributed by atoms with van der Waals surface area (Å²) < 4.78 is 0. The van der Waals surface area contributed by atoms with Crippen molar-refractivity contribution in [2.75, 3.05) is 19.6 Å². The molecule has 0 bridgehead atoms. The number of hydrogen-bond donors (Lipinski definition) is 2. The highest BCUT2D eigenvalue weighted by molar-refractivity contribution is 5.77. The van der Waals surface area contributed by atoms with Crippen LogP contribution in [-0.4, -0.2) is 30.4 Å². The lowest BCUT2D eigenvalue weighted by Gasteiger charge is -2.31. The zero-order valence-electron chi connectivity index (χ0n) is 12.3. The second kappa shape index (κ2) is 7.41. The molecule has 1 aromatic carbocycles. The van der Waals surface area contributed by atoms with Gasteiger partial charge in [0.25, 0.3) is 0 Å². The summed E-state index contributed by atoms with van der Waals surface area (Å²) in [6, 6.07) is 8.33. The number of hydrogen-bond acceptors (Lipinski definition) is 3. The molecule has 1 saturated heterocycles. The lowest BCUT2D eigenvalue weighted by molar-refractivity contribution is -0.119. The molecule has 0 spiro atoms. The minimum atomic E-state index is -0.105. The Labute approximate surface area is 121 Å². The number of piperidine rings is 1. The van der Waals surface area contributed by atoms with Gasteiger partial charge in [-0.2, -0.15) is 0 Å². The van der Waals surface area contributed by atoms with E-state index in [0.717, 1.165) is 12.5 Å². The Morgan fingerprint density at radius 1 is 1.40 bits per heavy atom. The molecule has 1 aromatic rings. The molecular formula is C16H25N3O. The lowest BCUT2D eigenvalue weighted by Crippen LogP contribution is -2.34. The van der Waals surface area contributed by atoms with E-state index in [1.807, 2.05) is 6.07 Å². The van der Waals surface area contributed by atoms with Crippen LogP contribution in [0.1, 0.15) is 30.9 Å². The number of carbonyl (C=O) groups excluding carboxylic acids is 1. The summed E-state index contributed by atoms with van der Waals surface area (Å²) in [6.45, 7) is 6.25. The van der Waals surface area contributed by atoms with Gasteiger partial charge in [0.1, 0.15) is 0 Å². The average Bonchev–Trinajstić information content (AvgIpc) is 2.46. The van der Waals surface area contributed by atoms with Crippen molar-refractivity contribution in [3.05, 3.63) is 35.4 Å². The van der Waals surface area contributed by atoms with Crippen LogP contribution in [0.25, 0.3) is 0 Å². The van der Waals surface area contributed by atoms with Gasteiger partial charge in [-0.05, 0) is 36.4 Å². The predicted octanol–water partition coefficient (Wildman–Crippen LogP) is 1.49. The van der Waals surface area contributed by atoms with E-state index in [2.05, 4.69) is 35.3 Å². The highest BCUT2D eigenvalue weighted by Crippen LogP contribution is 2.19. The molecule has 110 valence electrons. The second-order valence-electron chi connectivity index (χ2n) is 5.73. The molecular weight excluding hydrogens is 250 g/mol. The first-order valence-electron chi connectivity index (χ1n) is 7.45. The molecule has 0 unspecified atom stereocenters. The second-order valence-corrected chi connectivity index (χ2v) is 5.73. The van der Waals surface area contributed by atoms with Crippen LogP contribution in [0, 0.1) is 5.92 Å². The molecule has 0 aliphatic carbocycles. The number of carbonyl (C=O) groups is 1. The third kappa shape index (κ3) is 4.32. The monoisotopic (exact) mass is 275 g/mol. The molecule has 1 aliphatic rings. The van der Waals surface area contributed by atoms with Gasteiger partial charge in [0.15, 0.2) is 0 Å². The Hall–Kier alpha value is -1.39. The van der Waals surface area contributed by atoms with Gasteiger partial charge in [0.2, 0.25) is 5.91 Å². The molecule has 1 fully saturated rings. The quantitative estimate of drug-likeness (QED) is 0.856. The number of benzene rings is 1. The van der Waals surface area contributed by atoms with E-state index in [1.165, 1.54) is 37.1 Å². The topological polar surface area (TPSA) is 58.4 Å². The number of rotatable bonds is 5. The standard InChI is InChI=1S/C16H25N3O/c1-13-5-4-8-19(11-13)12-15-7-3-2-6-14(15)10-18-16(20)9-17/h2-3,6-7,13H,4-5,8-12,17H2,1H3,(H,18,20)/t13-/m0/s1. The van der Waals surface area contributed by atoms with Gasteiger partial charge in [0, 0.05) is 19.6 Å². The summed E-state index contributed by atoms with van der Waals surface area (Å²) in [5.41, 5.74) is 7.81. The Kier molecular flexibility index (Phi) is 5.56. The molecule has 20 heavy (non-hydrogen) atoms. The van der Waals surface area contributed by atoms with Crippen molar-refractivity contribution in [3.63, 3.8) is 0 Å². The summed E-state index contributed by atoms with van der Waals surface area (Å²) in [4.78, 5) is 13.8. The van der Waals surface area contributed by atoms with Gasteiger partial charge in [-0.1, -0.05) is 31.2 Å². The normalized spacial score (nSPS) is 19.8. The maximum Gasteiger partial charge on any atom is 0.234 e. The molecule has 0 saturated carbocycles. The van der Waals surface area contributed by atoms with Gasteiger partial charge in [-0.15, -0.1) is 0 Å². The Bertz CT molecular complexity index is 447. The number of nitrogens with one attached hydrogen (secondary N) is 1. The molecule has 3 N–H and O–H groups in total. The van der Waals surface area contributed by atoms with Crippen LogP contribution in [-0.2, 0) is 17.9 Å². The summed E-state index contributed by atoms with van der Waals surface area (Å²) >= 11 is 0. The number of amides is 1. The first-order valence-corrected chi connectivity index (χ1v) is 7.45. The smallest absolute Gasteiger partial charge is 0.234 e. The van der Waals surface area contributed by atoms with Crippen molar-refractivity contribution < 1.29 is 4.79 Å². The van der Waals surface area contributed by atoms with Crippen LogP contribution >= 0.6 is 0 Å². The Morgan fingerprint density at radius 2 is 2.15 bits per heavy atom. The van der Waals surface area contributed by atoms with Crippen LogP contribution in [0.15, 0.2) is 24.3 Å². The average molecular weight is 275 g/mol. The third-order valence-corrected chi connectivity index (χ3v) is 3.91. The molecule has 4 nitrogen and oxygen atoms in total. The van der Waals surface area contributed by atoms with Gasteiger partial charge in [-0.25, -0.2) is 0 Å². The SMILES string of the molecule is C[C@H]1CCCN(Cc2ccccc2CNC(=O)CN)C1. The van der Waals surface area contributed by atoms with Crippen molar-refractivity contribution in [3.8, 4) is 0 Å². The fraction of sp³-hybridized carbons (Fsp3) is 0.562. The Balaban J connectivity index is 1.98. The van der Waals surface area contributed by atoms with Gasteiger partial charge in [0.05, 0.1) is 6.54 Å². The molecule has 1 amide bonds. The van der Waals surface area contributed by atoms with Gasteiger partial charge >= 0.3 is 0 Å². The van der Waals surface area contributed by atoms with Crippen LogP contribution in [0.3, 0.4) is 0 Å². The third-order valence-electron chi connectivity index (χ3n) is 3.91. The van der Waals surface area contributed by atoms with E-state index in [0.29, 0.717) is 6.54 Å². The van der Waals surface area contributed by atoms with E-state index in [1.54, 1.807) is 0 Å². The Morgan fingerprint density at radius 3 is 2.85 bits per heavy atom. The summed E-state index contributed by atoms with van der Waals surface area (Å²) in [6.07, 6.45) is 2.62. The summed E-state index contributed by atoms with van der Waals surface area (Å²) in [5, 5.41) is 2.85. The molecule has 1 heterocycles. The summed E-state index contributed by atoms with van der Waals surface area (Å²) in [7, 11) is 0. The molecule has 2 rings (SSSR count). The molecule has 1 aliphatic heterocycles. The van der Waals surface area contributed by atoms with E-state index in [9.17, 15) is 4.79 Å². The number of likely N-dealkylation sites (tertiary alicyclic amines) is 1. The fourth-order valence-corrected chi connectivity index (χ4v) is 2.82. The highest BCUT2D eigenvalue weighted by Gasteiger charge is 2.17. The largest absolute Gasteiger partial charge is 0.351 e. The van der Waals surface area contributed by atoms with Crippen molar-refractivity contribution in [1.29, 1.82) is 0 Å². The van der Waals surface area contributed by atoms with Crippen molar-refractivity contribution in [2.45, 2.75) is 32.9 Å². The molecule has 1 atom stereocenters. The summed E-state index contributed by atoms with van der Waals surface area (Å²) in [5.74, 6) is 0.680. The lowest BCUT2D eigenvalue weighted by atomic mass is 9.99. The number of nitrogens with zero attached hydrogens (tertiary/aromatic N) is 1. The first kappa shape index (κ1) is 15.0. The van der Waals surface area contributed by atoms with E-state index in [4.69, 9.17) is 5.73 Å². The highest BCUT2D eigenvalue weighted by atomic mass is 16.1. The zero-order valence-corrected chi connectivity index (χ0v) is 12.3. The minimum absolute atomic E-state index is 0.0474. The van der Waals surface area contributed by atoms with Crippen LogP contribution in [0.5, 0.6) is 0 Å². The number of nitrogens with two attached hydrogens (primary N) is 1. The van der Waals surface area contributed by atoms with Crippen molar-refractivity contribution in [1.82, 2.24) is 10.2 Å². The van der Waals surface area contributed by atoms with Crippen LogP contribution < -0.4 is 11.1 Å². The minimum Gasteiger partial charge on any atom is -0.351 e. The van der Waals surface area contributed by atoms with Crippen molar-refractivity contribution >= 4 is 5.91 Å². The molecule has 0 radical (unpaired) electrons. The fourth-order valence-electron chi connectivity index (χ4n) is 2.82. The van der Waals surface area contributed by atoms with Crippen LogP contribution in [0.2, 0.25) is 0 Å². The maximum absolute atomic E-state index is 11.3. The van der Waals surface area contributed by atoms with E-state index < -0.39 is 0 Å². The maximum atomic E-state index is 11.3.